The van der Waals surface area contributed by atoms with Gasteiger partial charge in [0, 0.05) is 13.1 Å². The zero-order chi connectivity index (χ0) is 15.3. The number of hydrogen-bond acceptors (Lipinski definition) is 5. The molecular weight excluding hydrogens is 282 g/mol. The number of hydrogen-bond donors (Lipinski definition) is 2. The van der Waals surface area contributed by atoms with E-state index in [0.717, 1.165) is 9.87 Å². The van der Waals surface area contributed by atoms with Gasteiger partial charge in [0.05, 0.1) is 25.2 Å². The first-order valence-electron chi connectivity index (χ1n) is 6.26. The van der Waals surface area contributed by atoms with Crippen molar-refractivity contribution in [3.63, 3.8) is 0 Å². The van der Waals surface area contributed by atoms with Crippen molar-refractivity contribution in [1.82, 2.24) is 4.31 Å². The Kier molecular flexibility index (Phi) is 5.94. The van der Waals surface area contributed by atoms with Gasteiger partial charge in [0.2, 0.25) is 10.0 Å². The van der Waals surface area contributed by atoms with Crippen LogP contribution < -0.4 is 4.74 Å². The number of rotatable bonds is 7. The summed E-state index contributed by atoms with van der Waals surface area (Å²) < 4.78 is 31.3. The van der Waals surface area contributed by atoms with Crippen molar-refractivity contribution in [2.24, 2.45) is 0 Å². The minimum Gasteiger partial charge on any atom is -0.496 e. The lowest BCUT2D eigenvalue weighted by molar-refractivity contribution is 0.217. The van der Waals surface area contributed by atoms with E-state index in [4.69, 9.17) is 14.9 Å². The van der Waals surface area contributed by atoms with E-state index in [-0.39, 0.29) is 31.2 Å². The van der Waals surface area contributed by atoms with Gasteiger partial charge in [-0.1, -0.05) is 0 Å². The maximum Gasteiger partial charge on any atom is 0.243 e. The van der Waals surface area contributed by atoms with Crippen molar-refractivity contribution in [2.45, 2.75) is 18.7 Å². The van der Waals surface area contributed by atoms with Gasteiger partial charge in [0.25, 0.3) is 0 Å². The molecule has 0 saturated carbocycles. The molecule has 0 aromatic heterocycles. The lowest BCUT2D eigenvalue weighted by Crippen LogP contribution is -2.36. The van der Waals surface area contributed by atoms with E-state index in [1.807, 2.05) is 0 Å². The van der Waals surface area contributed by atoms with E-state index in [9.17, 15) is 8.42 Å². The van der Waals surface area contributed by atoms with Crippen LogP contribution in [-0.4, -0.2) is 56.3 Å². The monoisotopic (exact) mass is 303 g/mol. The van der Waals surface area contributed by atoms with Gasteiger partial charge in [0.1, 0.15) is 5.75 Å². The Hall–Kier alpha value is -1.15. The second-order valence-corrected chi connectivity index (χ2v) is 6.27. The van der Waals surface area contributed by atoms with Crippen LogP contribution in [0.2, 0.25) is 0 Å². The third-order valence-electron chi connectivity index (χ3n) is 3.22. The van der Waals surface area contributed by atoms with Gasteiger partial charge in [-0.25, -0.2) is 8.42 Å². The van der Waals surface area contributed by atoms with Crippen LogP contribution >= 0.6 is 0 Å². The summed E-state index contributed by atoms with van der Waals surface area (Å²) in [5, 5.41) is 17.9. The highest BCUT2D eigenvalue weighted by Crippen LogP contribution is 2.28. The van der Waals surface area contributed by atoms with E-state index in [1.165, 1.54) is 13.2 Å². The Bertz CT molecular complexity index is 550. The highest BCUT2D eigenvalue weighted by atomic mass is 32.2. The largest absolute Gasteiger partial charge is 0.496 e. The normalized spacial score (nSPS) is 11.9. The zero-order valence-electron chi connectivity index (χ0n) is 12.0. The molecule has 0 fully saturated rings. The fourth-order valence-electron chi connectivity index (χ4n) is 1.99. The summed E-state index contributed by atoms with van der Waals surface area (Å²) in [6.45, 7) is 2.80. The summed E-state index contributed by atoms with van der Waals surface area (Å²) in [5.74, 6) is 0.623. The molecule has 114 valence electrons. The molecule has 0 radical (unpaired) electrons. The summed E-state index contributed by atoms with van der Waals surface area (Å²) in [7, 11) is -2.22. The van der Waals surface area contributed by atoms with Crippen LogP contribution in [0.15, 0.2) is 17.0 Å². The Morgan fingerprint density at radius 2 is 1.65 bits per heavy atom. The van der Waals surface area contributed by atoms with Gasteiger partial charge in [-0.15, -0.1) is 0 Å². The number of aliphatic hydroxyl groups excluding tert-OH is 2. The maximum absolute atomic E-state index is 12.5. The molecule has 0 aliphatic carbocycles. The predicted molar refractivity (Wildman–Crippen MR) is 75.4 cm³/mol. The van der Waals surface area contributed by atoms with E-state index < -0.39 is 10.0 Å². The Morgan fingerprint density at radius 1 is 1.10 bits per heavy atom. The average molecular weight is 303 g/mol. The molecule has 1 aromatic carbocycles. The first kappa shape index (κ1) is 16.9. The van der Waals surface area contributed by atoms with Crippen molar-refractivity contribution < 1.29 is 23.4 Å². The number of nitrogens with zero attached hydrogens (tertiary/aromatic N) is 1. The molecule has 0 heterocycles. The summed E-state index contributed by atoms with van der Waals surface area (Å²) >= 11 is 0. The van der Waals surface area contributed by atoms with E-state index in [0.29, 0.717) is 11.3 Å². The van der Waals surface area contributed by atoms with Gasteiger partial charge < -0.3 is 14.9 Å². The Balaban J connectivity index is 3.30. The lowest BCUT2D eigenvalue weighted by atomic mass is 10.1. The second-order valence-electron chi connectivity index (χ2n) is 4.37. The summed E-state index contributed by atoms with van der Waals surface area (Å²) in [4.78, 5) is 0.165. The Labute approximate surface area is 119 Å². The SMILES string of the molecule is COc1ccc(S(=O)(=O)N(CCO)CCO)c(C)c1C. The zero-order valence-corrected chi connectivity index (χ0v) is 12.8. The number of sulfonamides is 1. The summed E-state index contributed by atoms with van der Waals surface area (Å²) in [6, 6.07) is 3.09. The van der Waals surface area contributed by atoms with Crippen LogP contribution in [-0.2, 0) is 10.0 Å². The molecule has 0 aliphatic heterocycles. The molecule has 0 bridgehead atoms. The van der Waals surface area contributed by atoms with E-state index in [2.05, 4.69) is 0 Å². The van der Waals surface area contributed by atoms with Crippen LogP contribution in [0, 0.1) is 13.8 Å². The van der Waals surface area contributed by atoms with Crippen LogP contribution in [0.1, 0.15) is 11.1 Å². The molecule has 0 spiro atoms. The molecule has 0 aliphatic rings. The first-order chi connectivity index (χ1) is 9.39. The number of ether oxygens (including phenoxy) is 1. The maximum atomic E-state index is 12.5. The predicted octanol–water partition coefficient (Wildman–Crippen LogP) is 0.287. The molecule has 0 saturated heterocycles. The van der Waals surface area contributed by atoms with Crippen LogP contribution in [0.4, 0.5) is 0 Å². The molecule has 0 amide bonds. The van der Waals surface area contributed by atoms with Gasteiger partial charge >= 0.3 is 0 Å². The number of benzene rings is 1. The quantitative estimate of drug-likeness (QED) is 0.756. The highest BCUT2D eigenvalue weighted by molar-refractivity contribution is 7.89. The Morgan fingerprint density at radius 3 is 2.10 bits per heavy atom. The van der Waals surface area contributed by atoms with Gasteiger partial charge in [-0.2, -0.15) is 4.31 Å². The molecule has 2 N–H and O–H groups in total. The van der Waals surface area contributed by atoms with E-state index >= 15 is 0 Å². The van der Waals surface area contributed by atoms with Crippen molar-refractivity contribution in [1.29, 1.82) is 0 Å². The molecule has 20 heavy (non-hydrogen) atoms. The molecule has 0 unspecified atom stereocenters. The first-order valence-corrected chi connectivity index (χ1v) is 7.70. The average Bonchev–Trinajstić information content (AvgIpc) is 2.41. The minimum absolute atomic E-state index is 0.0482. The molecule has 1 aromatic rings. The smallest absolute Gasteiger partial charge is 0.243 e. The molecule has 1 rings (SSSR count). The van der Waals surface area contributed by atoms with Crippen LogP contribution in [0.3, 0.4) is 0 Å². The van der Waals surface area contributed by atoms with Crippen LogP contribution in [0.25, 0.3) is 0 Å². The molecule has 6 nitrogen and oxygen atoms in total. The minimum atomic E-state index is -3.75. The standard InChI is InChI=1S/C13H21NO5S/c1-10-11(2)13(5-4-12(10)19-3)20(17,18)14(6-8-15)7-9-16/h4-5,15-16H,6-9H2,1-3H3. The molecular formula is C13H21NO5S. The number of aliphatic hydroxyl groups is 2. The van der Waals surface area contributed by atoms with Crippen molar-refractivity contribution >= 4 is 10.0 Å². The summed E-state index contributed by atoms with van der Waals surface area (Å²) in [5.41, 5.74) is 1.35. The van der Waals surface area contributed by atoms with Crippen molar-refractivity contribution in [3.05, 3.63) is 23.3 Å². The molecule has 7 heteroatoms. The van der Waals surface area contributed by atoms with Crippen molar-refractivity contribution in [2.75, 3.05) is 33.4 Å². The van der Waals surface area contributed by atoms with Gasteiger partial charge in [0.15, 0.2) is 0 Å². The van der Waals surface area contributed by atoms with Crippen molar-refractivity contribution in [3.8, 4) is 5.75 Å². The van der Waals surface area contributed by atoms with Gasteiger partial charge in [-0.3, -0.25) is 0 Å². The fourth-order valence-corrected chi connectivity index (χ4v) is 3.69. The number of methoxy groups -OCH3 is 1. The third-order valence-corrected chi connectivity index (χ3v) is 5.27. The summed E-state index contributed by atoms with van der Waals surface area (Å²) in [6.07, 6.45) is 0. The lowest BCUT2D eigenvalue weighted by Gasteiger charge is -2.22. The second kappa shape index (κ2) is 7.03. The molecule has 0 atom stereocenters. The van der Waals surface area contributed by atoms with Crippen LogP contribution in [0.5, 0.6) is 5.75 Å². The topological polar surface area (TPSA) is 87.1 Å². The highest BCUT2D eigenvalue weighted by Gasteiger charge is 2.26. The fraction of sp³-hybridized carbons (Fsp3) is 0.538. The van der Waals surface area contributed by atoms with E-state index in [1.54, 1.807) is 19.9 Å². The third kappa shape index (κ3) is 3.29. The van der Waals surface area contributed by atoms with Gasteiger partial charge in [-0.05, 0) is 37.1 Å².